The Morgan fingerprint density at radius 2 is 1.93 bits per heavy atom. The Hall–Kier alpha value is -3.24. The van der Waals surface area contributed by atoms with Gasteiger partial charge in [0, 0.05) is 44.3 Å². The van der Waals surface area contributed by atoms with Gasteiger partial charge in [0.15, 0.2) is 5.75 Å². The molecule has 0 saturated carbocycles. The van der Waals surface area contributed by atoms with Crippen molar-refractivity contribution < 1.29 is 22.7 Å². The molecule has 1 aliphatic rings. The van der Waals surface area contributed by atoms with Gasteiger partial charge < -0.3 is 10.0 Å². The molecule has 156 valence electrons. The second-order valence-corrected chi connectivity index (χ2v) is 9.04. The van der Waals surface area contributed by atoms with Crippen LogP contribution < -0.4 is 4.72 Å². The van der Waals surface area contributed by atoms with E-state index in [0.29, 0.717) is 16.5 Å². The maximum absolute atomic E-state index is 13.2. The van der Waals surface area contributed by atoms with Gasteiger partial charge in [-0.25, -0.2) is 4.39 Å². The second kappa shape index (κ2) is 7.22. The third kappa shape index (κ3) is 3.33. The standard InChI is InChI=1S/C20H19FN4O4S/c1-24(2)30(28,29)23-17-14-4-3-9-22-18(14)19(26)16-15(17)11-25(20(16)27)10-12-5-7-13(21)8-6-12/h3-9,23,26H,10-11H2,1-2H3. The minimum absolute atomic E-state index is 0.0137. The molecule has 3 aromatic rings. The minimum atomic E-state index is -3.87. The van der Waals surface area contributed by atoms with Crippen LogP contribution in [0, 0.1) is 5.82 Å². The predicted molar refractivity (Wildman–Crippen MR) is 110 cm³/mol. The lowest BCUT2D eigenvalue weighted by Gasteiger charge is -2.18. The fourth-order valence-corrected chi connectivity index (χ4v) is 4.10. The number of benzene rings is 2. The van der Waals surface area contributed by atoms with Gasteiger partial charge in [-0.15, -0.1) is 0 Å². The minimum Gasteiger partial charge on any atom is -0.505 e. The quantitative estimate of drug-likeness (QED) is 0.606. The van der Waals surface area contributed by atoms with Crippen molar-refractivity contribution in [2.75, 3.05) is 18.8 Å². The van der Waals surface area contributed by atoms with E-state index in [4.69, 9.17) is 0 Å². The number of carbonyl (C=O) groups excluding carboxylic acids is 1. The summed E-state index contributed by atoms with van der Waals surface area (Å²) in [5.74, 6) is -1.13. The van der Waals surface area contributed by atoms with Gasteiger partial charge in [0.1, 0.15) is 11.3 Å². The topological polar surface area (TPSA) is 103 Å². The lowest BCUT2D eigenvalue weighted by atomic mass is 10.0. The number of carbonyl (C=O) groups is 1. The number of phenolic OH excluding ortho intramolecular Hbond substituents is 1. The van der Waals surface area contributed by atoms with Crippen LogP contribution in [0.25, 0.3) is 10.9 Å². The van der Waals surface area contributed by atoms with E-state index < -0.39 is 16.1 Å². The van der Waals surface area contributed by atoms with Crippen molar-refractivity contribution in [1.82, 2.24) is 14.2 Å². The largest absolute Gasteiger partial charge is 0.505 e. The molecule has 30 heavy (non-hydrogen) atoms. The molecule has 1 amide bonds. The van der Waals surface area contributed by atoms with Crippen molar-refractivity contribution in [3.8, 4) is 5.75 Å². The number of nitrogens with one attached hydrogen (secondary N) is 1. The molecule has 0 unspecified atom stereocenters. The molecule has 0 aliphatic carbocycles. The van der Waals surface area contributed by atoms with Gasteiger partial charge in [0.25, 0.3) is 5.91 Å². The summed E-state index contributed by atoms with van der Waals surface area (Å²) in [5.41, 5.74) is 1.42. The summed E-state index contributed by atoms with van der Waals surface area (Å²) in [7, 11) is -1.10. The van der Waals surface area contributed by atoms with Crippen molar-refractivity contribution >= 4 is 32.7 Å². The highest BCUT2D eigenvalue weighted by atomic mass is 32.2. The first kappa shape index (κ1) is 20.0. The van der Waals surface area contributed by atoms with Gasteiger partial charge in [-0.3, -0.25) is 14.5 Å². The lowest BCUT2D eigenvalue weighted by molar-refractivity contribution is 0.0764. The van der Waals surface area contributed by atoms with Crippen LogP contribution in [-0.4, -0.2) is 47.7 Å². The highest BCUT2D eigenvalue weighted by Gasteiger charge is 2.36. The Balaban J connectivity index is 1.84. The zero-order chi connectivity index (χ0) is 21.6. The molecule has 0 fully saturated rings. The van der Waals surface area contributed by atoms with E-state index in [1.807, 2.05) is 0 Å². The molecule has 2 aromatic carbocycles. The van der Waals surface area contributed by atoms with Crippen LogP contribution in [0.15, 0.2) is 42.6 Å². The third-order valence-electron chi connectivity index (χ3n) is 4.99. The van der Waals surface area contributed by atoms with Gasteiger partial charge in [-0.05, 0) is 29.8 Å². The maximum atomic E-state index is 13.2. The summed E-state index contributed by atoms with van der Waals surface area (Å²) in [6.45, 7) is 0.256. The van der Waals surface area contributed by atoms with E-state index in [0.717, 1.165) is 4.31 Å². The summed E-state index contributed by atoms with van der Waals surface area (Å²) in [6, 6.07) is 8.99. The van der Waals surface area contributed by atoms with Crippen LogP contribution in [0.4, 0.5) is 10.1 Å². The van der Waals surface area contributed by atoms with Crippen LogP contribution in [0.3, 0.4) is 0 Å². The SMILES string of the molecule is CN(C)S(=O)(=O)Nc1c2c(c(O)c3ncccc13)C(=O)N(Cc1ccc(F)cc1)C2. The fraction of sp³-hybridized carbons (Fsp3) is 0.200. The van der Waals surface area contributed by atoms with E-state index >= 15 is 0 Å². The summed E-state index contributed by atoms with van der Waals surface area (Å²) in [4.78, 5) is 18.7. The normalized spacial score (nSPS) is 13.9. The molecule has 10 heteroatoms. The van der Waals surface area contributed by atoms with Crippen molar-refractivity contribution in [1.29, 1.82) is 0 Å². The van der Waals surface area contributed by atoms with Crippen molar-refractivity contribution in [3.05, 3.63) is 65.1 Å². The fourth-order valence-electron chi connectivity index (χ4n) is 3.43. The number of halogens is 1. The van der Waals surface area contributed by atoms with Gasteiger partial charge in [-0.1, -0.05) is 12.1 Å². The van der Waals surface area contributed by atoms with Gasteiger partial charge >= 0.3 is 10.2 Å². The Labute approximate surface area is 172 Å². The maximum Gasteiger partial charge on any atom is 0.301 e. The number of hydrogen-bond acceptors (Lipinski definition) is 5. The van der Waals surface area contributed by atoms with Crippen LogP contribution in [0.1, 0.15) is 21.5 Å². The average Bonchev–Trinajstić information content (AvgIpc) is 3.03. The highest BCUT2D eigenvalue weighted by Crippen LogP contribution is 2.43. The third-order valence-corrected chi connectivity index (χ3v) is 6.41. The number of aromatic hydroxyl groups is 1. The van der Waals surface area contributed by atoms with Crippen LogP contribution in [0.2, 0.25) is 0 Å². The molecule has 2 N–H and O–H groups in total. The summed E-state index contributed by atoms with van der Waals surface area (Å²) in [5, 5.41) is 11.1. The van der Waals surface area contributed by atoms with E-state index in [9.17, 15) is 22.7 Å². The van der Waals surface area contributed by atoms with Gasteiger partial charge in [0.2, 0.25) is 0 Å². The molecular formula is C20H19FN4O4S. The second-order valence-electron chi connectivity index (χ2n) is 7.15. The van der Waals surface area contributed by atoms with E-state index in [-0.39, 0.29) is 41.4 Å². The predicted octanol–water partition coefficient (Wildman–Crippen LogP) is 2.45. The van der Waals surface area contributed by atoms with E-state index in [1.54, 1.807) is 24.3 Å². The van der Waals surface area contributed by atoms with Crippen molar-refractivity contribution in [3.63, 3.8) is 0 Å². The number of rotatable bonds is 5. The monoisotopic (exact) mass is 430 g/mol. The van der Waals surface area contributed by atoms with Crippen LogP contribution in [0.5, 0.6) is 5.75 Å². The molecule has 0 bridgehead atoms. The average molecular weight is 430 g/mol. The van der Waals surface area contributed by atoms with Gasteiger partial charge in [-0.2, -0.15) is 12.7 Å². The molecule has 1 aliphatic heterocycles. The summed E-state index contributed by atoms with van der Waals surface area (Å²) in [6.07, 6.45) is 1.45. The number of amides is 1. The summed E-state index contributed by atoms with van der Waals surface area (Å²) >= 11 is 0. The van der Waals surface area contributed by atoms with Crippen LogP contribution >= 0.6 is 0 Å². The van der Waals surface area contributed by atoms with Crippen LogP contribution in [-0.2, 0) is 23.3 Å². The number of nitrogens with zero attached hydrogens (tertiary/aromatic N) is 3. The Morgan fingerprint density at radius 3 is 2.60 bits per heavy atom. The Morgan fingerprint density at radius 1 is 1.23 bits per heavy atom. The molecule has 0 saturated heterocycles. The Bertz CT molecular complexity index is 1260. The van der Waals surface area contributed by atoms with E-state index in [2.05, 4.69) is 9.71 Å². The first-order valence-corrected chi connectivity index (χ1v) is 10.5. The summed E-state index contributed by atoms with van der Waals surface area (Å²) < 4.78 is 41.7. The number of hydrogen-bond donors (Lipinski definition) is 2. The number of phenols is 1. The van der Waals surface area contributed by atoms with Gasteiger partial charge in [0.05, 0.1) is 11.3 Å². The van der Waals surface area contributed by atoms with Crippen molar-refractivity contribution in [2.45, 2.75) is 13.1 Å². The molecule has 2 heterocycles. The first-order valence-electron chi connectivity index (χ1n) is 9.05. The Kier molecular flexibility index (Phi) is 4.83. The molecule has 1 aromatic heterocycles. The molecule has 0 atom stereocenters. The number of pyridine rings is 1. The van der Waals surface area contributed by atoms with Crippen molar-refractivity contribution in [2.24, 2.45) is 0 Å². The lowest BCUT2D eigenvalue weighted by Crippen LogP contribution is -2.29. The zero-order valence-corrected chi connectivity index (χ0v) is 17.1. The molecule has 4 rings (SSSR count). The molecule has 0 radical (unpaired) electrons. The number of fused-ring (bicyclic) bond motifs is 2. The first-order chi connectivity index (χ1) is 14.2. The van der Waals surface area contributed by atoms with E-state index in [1.165, 1.54) is 37.3 Å². The zero-order valence-electron chi connectivity index (χ0n) is 16.3. The molecule has 0 spiro atoms. The smallest absolute Gasteiger partial charge is 0.301 e. The number of aromatic nitrogens is 1. The molecule has 8 nitrogen and oxygen atoms in total. The number of anilines is 1. The molecular weight excluding hydrogens is 411 g/mol. The highest BCUT2D eigenvalue weighted by molar-refractivity contribution is 7.90.